The van der Waals surface area contributed by atoms with Crippen molar-refractivity contribution in [2.75, 3.05) is 7.11 Å². The lowest BCUT2D eigenvalue weighted by Crippen LogP contribution is -2.44. The molecular weight excluding hydrogens is 366 g/mol. The zero-order chi connectivity index (χ0) is 20.1. The Labute approximate surface area is 158 Å². The van der Waals surface area contributed by atoms with Crippen molar-refractivity contribution >= 4 is 23.0 Å². The Morgan fingerprint density at radius 2 is 1.82 bits per heavy atom. The number of nitrogens with one attached hydrogen (secondary N) is 2. The van der Waals surface area contributed by atoms with Gasteiger partial charge in [-0.25, -0.2) is 14.6 Å². The fourth-order valence-corrected chi connectivity index (χ4v) is 2.55. The zero-order valence-electron chi connectivity index (χ0n) is 14.8. The Hall–Kier alpha value is -3.88. The molecular formula is C19H17N3O6. The van der Waals surface area contributed by atoms with E-state index in [1.165, 1.54) is 19.2 Å². The van der Waals surface area contributed by atoms with Crippen molar-refractivity contribution < 1.29 is 24.2 Å². The Morgan fingerprint density at radius 3 is 2.50 bits per heavy atom. The molecule has 9 heteroatoms. The Kier molecular flexibility index (Phi) is 5.54. The van der Waals surface area contributed by atoms with Crippen molar-refractivity contribution in [3.05, 3.63) is 64.7 Å². The molecule has 28 heavy (non-hydrogen) atoms. The van der Waals surface area contributed by atoms with E-state index >= 15 is 0 Å². The van der Waals surface area contributed by atoms with Crippen LogP contribution in [0.2, 0.25) is 0 Å². The summed E-state index contributed by atoms with van der Waals surface area (Å²) < 4.78 is 10.1. The van der Waals surface area contributed by atoms with E-state index in [0.29, 0.717) is 16.7 Å². The highest BCUT2D eigenvalue weighted by molar-refractivity contribution is 5.81. The number of hydrogen-bond donors (Lipinski definition) is 3. The van der Waals surface area contributed by atoms with E-state index in [-0.39, 0.29) is 23.6 Å². The second kappa shape index (κ2) is 8.21. The molecule has 9 nitrogen and oxygen atoms in total. The quantitative estimate of drug-likeness (QED) is 0.591. The number of para-hydroxylation sites is 1. The number of aliphatic carboxylic acids is 1. The van der Waals surface area contributed by atoms with Crippen LogP contribution in [0, 0.1) is 0 Å². The molecule has 1 heterocycles. The normalized spacial score (nSPS) is 11.6. The van der Waals surface area contributed by atoms with E-state index in [9.17, 15) is 19.5 Å². The first kappa shape index (κ1) is 18.9. The molecule has 0 saturated heterocycles. The van der Waals surface area contributed by atoms with Gasteiger partial charge in [-0.2, -0.15) is 0 Å². The molecule has 2 aromatic carbocycles. The number of H-pyrrole nitrogens is 1. The minimum Gasteiger partial charge on any atom is -0.497 e. The summed E-state index contributed by atoms with van der Waals surface area (Å²) in [5, 5.41) is 12.0. The number of carbonyl (C=O) groups excluding carboxylic acids is 1. The molecule has 0 spiro atoms. The molecule has 0 aliphatic carbocycles. The van der Waals surface area contributed by atoms with Crippen LogP contribution >= 0.6 is 0 Å². The Morgan fingerprint density at radius 1 is 1.14 bits per heavy atom. The number of rotatable bonds is 6. The van der Waals surface area contributed by atoms with Crippen molar-refractivity contribution in [1.29, 1.82) is 0 Å². The molecule has 0 aliphatic rings. The standard InChI is InChI=1S/C19H17N3O6/c1-27-11-6-8-12(9-7-11)28-19(26)21-15(18(24)25)10-16-20-14-5-3-2-4-13(14)17(23)22-16/h2-9,15H,10H2,1H3,(H,21,26)(H,24,25)(H,20,22,23)/t15-/m0/s1. The highest BCUT2D eigenvalue weighted by Gasteiger charge is 2.23. The SMILES string of the molecule is COc1ccc(OC(=O)N[C@@H](Cc2nc3ccccc3c(=O)[nH]2)C(=O)O)cc1. The molecule has 3 rings (SSSR count). The van der Waals surface area contributed by atoms with Gasteiger partial charge >= 0.3 is 12.1 Å². The lowest BCUT2D eigenvalue weighted by Gasteiger charge is -2.14. The van der Waals surface area contributed by atoms with Crippen molar-refractivity contribution in [3.63, 3.8) is 0 Å². The largest absolute Gasteiger partial charge is 0.497 e. The van der Waals surface area contributed by atoms with Crippen molar-refractivity contribution in [2.45, 2.75) is 12.5 Å². The number of carbonyl (C=O) groups is 2. The van der Waals surface area contributed by atoms with Crippen molar-refractivity contribution in [2.24, 2.45) is 0 Å². The highest BCUT2D eigenvalue weighted by Crippen LogP contribution is 2.17. The molecule has 3 N–H and O–H groups in total. The van der Waals surface area contributed by atoms with E-state index in [0.717, 1.165) is 0 Å². The molecule has 1 aromatic heterocycles. The summed E-state index contributed by atoms with van der Waals surface area (Å²) >= 11 is 0. The predicted octanol–water partition coefficient (Wildman–Crippen LogP) is 1.72. The third-order valence-corrected chi connectivity index (χ3v) is 3.92. The smallest absolute Gasteiger partial charge is 0.413 e. The first-order valence-electron chi connectivity index (χ1n) is 8.29. The second-order valence-corrected chi connectivity index (χ2v) is 5.83. The van der Waals surface area contributed by atoms with Gasteiger partial charge in [-0.05, 0) is 36.4 Å². The van der Waals surface area contributed by atoms with Gasteiger partial charge in [0.2, 0.25) is 0 Å². The van der Waals surface area contributed by atoms with Gasteiger partial charge < -0.3 is 24.9 Å². The average molecular weight is 383 g/mol. The summed E-state index contributed by atoms with van der Waals surface area (Å²) in [4.78, 5) is 42.4. The summed E-state index contributed by atoms with van der Waals surface area (Å²) in [6.07, 6.45) is -1.16. The Balaban J connectivity index is 1.72. The van der Waals surface area contributed by atoms with Gasteiger partial charge in [0, 0.05) is 6.42 Å². The molecule has 3 aromatic rings. The fraction of sp³-hybridized carbons (Fsp3) is 0.158. The van der Waals surface area contributed by atoms with Crippen LogP contribution in [-0.4, -0.2) is 40.3 Å². The van der Waals surface area contributed by atoms with Gasteiger partial charge in [-0.15, -0.1) is 0 Å². The van der Waals surface area contributed by atoms with Crippen LogP contribution in [0.25, 0.3) is 10.9 Å². The van der Waals surface area contributed by atoms with Crippen LogP contribution in [0.4, 0.5) is 4.79 Å². The number of methoxy groups -OCH3 is 1. The van der Waals surface area contributed by atoms with Crippen molar-refractivity contribution in [1.82, 2.24) is 15.3 Å². The number of nitrogens with zero attached hydrogens (tertiary/aromatic N) is 1. The number of hydrogen-bond acceptors (Lipinski definition) is 6. The van der Waals surface area contributed by atoms with Gasteiger partial charge in [-0.1, -0.05) is 12.1 Å². The number of aromatic nitrogens is 2. The predicted molar refractivity (Wildman–Crippen MR) is 99.6 cm³/mol. The summed E-state index contributed by atoms with van der Waals surface area (Å²) in [5.74, 6) is -0.342. The number of carboxylic acids is 1. The fourth-order valence-electron chi connectivity index (χ4n) is 2.55. The van der Waals surface area contributed by atoms with E-state index in [2.05, 4.69) is 15.3 Å². The minimum absolute atomic E-state index is 0.140. The number of benzene rings is 2. The van der Waals surface area contributed by atoms with E-state index in [1.807, 2.05) is 0 Å². The van der Waals surface area contributed by atoms with Gasteiger partial charge in [0.05, 0.1) is 18.0 Å². The maximum absolute atomic E-state index is 12.1. The first-order chi connectivity index (χ1) is 13.5. The topological polar surface area (TPSA) is 131 Å². The monoisotopic (exact) mass is 383 g/mol. The van der Waals surface area contributed by atoms with Crippen LogP contribution < -0.4 is 20.3 Å². The van der Waals surface area contributed by atoms with E-state index in [1.54, 1.807) is 36.4 Å². The third-order valence-electron chi connectivity index (χ3n) is 3.92. The maximum Gasteiger partial charge on any atom is 0.413 e. The maximum atomic E-state index is 12.1. The number of aromatic amines is 1. The molecule has 0 bridgehead atoms. The molecule has 0 radical (unpaired) electrons. The average Bonchev–Trinajstić information content (AvgIpc) is 2.68. The number of amides is 1. The minimum atomic E-state index is -1.34. The van der Waals surface area contributed by atoms with Crippen LogP contribution in [0.3, 0.4) is 0 Å². The zero-order valence-corrected chi connectivity index (χ0v) is 14.8. The van der Waals surface area contributed by atoms with Gasteiger partial charge in [0.15, 0.2) is 0 Å². The molecule has 144 valence electrons. The van der Waals surface area contributed by atoms with Crippen LogP contribution in [-0.2, 0) is 11.2 Å². The summed E-state index contributed by atoms with van der Waals surface area (Å²) in [6, 6.07) is 11.6. The lowest BCUT2D eigenvalue weighted by molar-refractivity contribution is -0.139. The summed E-state index contributed by atoms with van der Waals surface area (Å²) in [6.45, 7) is 0. The lowest BCUT2D eigenvalue weighted by atomic mass is 10.2. The Bertz CT molecular complexity index is 1060. The third kappa shape index (κ3) is 4.44. The molecule has 0 aliphatic heterocycles. The molecule has 1 amide bonds. The van der Waals surface area contributed by atoms with E-state index < -0.39 is 18.1 Å². The molecule has 0 fully saturated rings. The van der Waals surface area contributed by atoms with Crippen LogP contribution in [0.5, 0.6) is 11.5 Å². The number of carboxylic acid groups (broad SMARTS) is 1. The van der Waals surface area contributed by atoms with E-state index in [4.69, 9.17) is 9.47 Å². The molecule has 0 unspecified atom stereocenters. The highest BCUT2D eigenvalue weighted by atomic mass is 16.6. The second-order valence-electron chi connectivity index (χ2n) is 5.83. The van der Waals surface area contributed by atoms with Crippen molar-refractivity contribution in [3.8, 4) is 11.5 Å². The summed E-state index contributed by atoms with van der Waals surface area (Å²) in [5.41, 5.74) is 0.0525. The molecule has 0 saturated carbocycles. The number of ether oxygens (including phenoxy) is 2. The van der Waals surface area contributed by atoms with Gasteiger partial charge in [0.25, 0.3) is 5.56 Å². The van der Waals surface area contributed by atoms with Crippen LogP contribution in [0.1, 0.15) is 5.82 Å². The van der Waals surface area contributed by atoms with Crippen LogP contribution in [0.15, 0.2) is 53.3 Å². The van der Waals surface area contributed by atoms with Gasteiger partial charge in [-0.3, -0.25) is 4.79 Å². The van der Waals surface area contributed by atoms with Gasteiger partial charge in [0.1, 0.15) is 23.4 Å². The summed E-state index contributed by atoms with van der Waals surface area (Å²) in [7, 11) is 1.51. The number of fused-ring (bicyclic) bond motifs is 1. The first-order valence-corrected chi connectivity index (χ1v) is 8.29. The molecule has 1 atom stereocenters.